The van der Waals surface area contributed by atoms with Gasteiger partial charge in [-0.15, -0.1) is 0 Å². The molecule has 1 unspecified atom stereocenters. The van der Waals surface area contributed by atoms with Crippen molar-refractivity contribution in [3.05, 3.63) is 29.3 Å². The van der Waals surface area contributed by atoms with E-state index < -0.39 is 6.04 Å². The van der Waals surface area contributed by atoms with E-state index in [4.69, 9.17) is 10.5 Å². The van der Waals surface area contributed by atoms with E-state index in [2.05, 4.69) is 4.99 Å². The van der Waals surface area contributed by atoms with Gasteiger partial charge in [0.1, 0.15) is 5.75 Å². The zero-order valence-corrected chi connectivity index (χ0v) is 10.2. The van der Waals surface area contributed by atoms with Gasteiger partial charge in [0.05, 0.1) is 6.61 Å². The highest BCUT2D eigenvalue weighted by Crippen LogP contribution is 2.31. The first-order chi connectivity index (χ1) is 8.66. The fourth-order valence-electron chi connectivity index (χ4n) is 2.34. The number of guanidine groups is 1. The Balaban J connectivity index is 1.96. The van der Waals surface area contributed by atoms with Gasteiger partial charge < -0.3 is 10.5 Å². The smallest absolute Gasteiger partial charge is 0.258 e. The zero-order valence-electron chi connectivity index (χ0n) is 10.2. The number of carbonyl (C=O) groups excluding carboxylic acids is 1. The highest BCUT2D eigenvalue weighted by Gasteiger charge is 2.32. The van der Waals surface area contributed by atoms with Crippen LogP contribution in [-0.2, 0) is 11.2 Å². The number of nitrogens with zero attached hydrogens (tertiary/aromatic N) is 2. The summed E-state index contributed by atoms with van der Waals surface area (Å²) in [6.45, 7) is 0.766. The molecule has 1 aromatic rings. The van der Waals surface area contributed by atoms with Crippen LogP contribution in [0.2, 0.25) is 0 Å². The average molecular weight is 245 g/mol. The third-order valence-corrected chi connectivity index (χ3v) is 3.42. The Morgan fingerprint density at radius 1 is 1.50 bits per heavy atom. The number of aryl methyl sites for hydroxylation is 1. The second kappa shape index (κ2) is 4.01. The van der Waals surface area contributed by atoms with Crippen molar-refractivity contribution in [3.63, 3.8) is 0 Å². The number of aliphatic imine (C=N–C) groups is 1. The lowest BCUT2D eigenvalue weighted by molar-refractivity contribution is -0.126. The number of nitrogens with two attached hydrogens (primary N) is 1. The van der Waals surface area contributed by atoms with E-state index in [9.17, 15) is 4.79 Å². The van der Waals surface area contributed by atoms with E-state index in [1.807, 2.05) is 18.2 Å². The maximum Gasteiger partial charge on any atom is 0.258 e. The van der Waals surface area contributed by atoms with Gasteiger partial charge in [-0.05, 0) is 36.1 Å². The van der Waals surface area contributed by atoms with Crippen LogP contribution in [0.25, 0.3) is 0 Å². The summed E-state index contributed by atoms with van der Waals surface area (Å²) in [6.07, 6.45) is 2.00. The number of amides is 1. The number of ether oxygens (including phenoxy) is 1. The molecule has 0 aliphatic carbocycles. The Bertz CT molecular complexity index is 539. The molecular formula is C13H15N3O2. The van der Waals surface area contributed by atoms with Gasteiger partial charge in [-0.3, -0.25) is 9.69 Å². The molecule has 0 saturated heterocycles. The second-order valence-corrected chi connectivity index (χ2v) is 4.61. The fraction of sp³-hybridized carbons (Fsp3) is 0.385. The number of hydrogen-bond acceptors (Lipinski definition) is 4. The molecule has 0 aromatic heterocycles. The minimum atomic E-state index is -0.498. The zero-order chi connectivity index (χ0) is 12.7. The predicted octanol–water partition coefficient (Wildman–Crippen LogP) is 0.839. The van der Waals surface area contributed by atoms with Crippen molar-refractivity contribution in [2.75, 3.05) is 13.7 Å². The summed E-state index contributed by atoms with van der Waals surface area (Å²) in [5, 5.41) is 0. The molecule has 0 fully saturated rings. The SMILES string of the molecule is CN1C(=O)C(c2ccc3c(c2)CCCO3)N=C1N. The lowest BCUT2D eigenvalue weighted by Gasteiger charge is -2.18. The monoisotopic (exact) mass is 245 g/mol. The first-order valence-electron chi connectivity index (χ1n) is 6.03. The van der Waals surface area contributed by atoms with Crippen molar-refractivity contribution >= 4 is 11.9 Å². The third-order valence-electron chi connectivity index (χ3n) is 3.42. The van der Waals surface area contributed by atoms with E-state index in [0.29, 0.717) is 0 Å². The molecule has 2 aliphatic rings. The molecule has 2 N–H and O–H groups in total. The highest BCUT2D eigenvalue weighted by molar-refractivity contribution is 6.04. The summed E-state index contributed by atoms with van der Waals surface area (Å²) in [5.41, 5.74) is 7.70. The molecule has 3 rings (SSSR count). The Kier molecular flexibility index (Phi) is 2.47. The molecular weight excluding hydrogens is 230 g/mol. The molecule has 0 saturated carbocycles. The number of carbonyl (C=O) groups is 1. The molecule has 0 radical (unpaired) electrons. The Labute approximate surface area is 105 Å². The van der Waals surface area contributed by atoms with Gasteiger partial charge in [-0.25, -0.2) is 4.99 Å². The molecule has 0 bridgehead atoms. The summed E-state index contributed by atoms with van der Waals surface area (Å²) in [7, 11) is 1.64. The first kappa shape index (κ1) is 11.1. The van der Waals surface area contributed by atoms with Crippen LogP contribution in [0.1, 0.15) is 23.6 Å². The molecule has 18 heavy (non-hydrogen) atoms. The number of benzene rings is 1. The van der Waals surface area contributed by atoms with Gasteiger partial charge in [-0.1, -0.05) is 6.07 Å². The molecule has 1 amide bonds. The Morgan fingerprint density at radius 2 is 2.33 bits per heavy atom. The van der Waals surface area contributed by atoms with Crippen molar-refractivity contribution in [1.82, 2.24) is 4.90 Å². The number of rotatable bonds is 1. The number of fused-ring (bicyclic) bond motifs is 1. The van der Waals surface area contributed by atoms with Crippen molar-refractivity contribution in [2.45, 2.75) is 18.9 Å². The summed E-state index contributed by atoms with van der Waals surface area (Å²) in [6, 6.07) is 5.32. The second-order valence-electron chi connectivity index (χ2n) is 4.61. The molecule has 0 spiro atoms. The van der Waals surface area contributed by atoms with Crippen LogP contribution in [0.5, 0.6) is 5.75 Å². The fourth-order valence-corrected chi connectivity index (χ4v) is 2.34. The van der Waals surface area contributed by atoms with E-state index in [1.54, 1.807) is 7.05 Å². The van der Waals surface area contributed by atoms with Crippen LogP contribution in [0.3, 0.4) is 0 Å². The first-order valence-corrected chi connectivity index (χ1v) is 6.03. The predicted molar refractivity (Wildman–Crippen MR) is 67.4 cm³/mol. The van der Waals surface area contributed by atoms with Crippen LogP contribution in [0, 0.1) is 0 Å². The maximum atomic E-state index is 12.0. The summed E-state index contributed by atoms with van der Waals surface area (Å²) >= 11 is 0. The standard InChI is InChI=1S/C13H15N3O2/c1-16-12(17)11(15-13(16)14)9-4-5-10-8(7-9)3-2-6-18-10/h4-5,7,11H,2-3,6H2,1H3,(H2,14,15). The summed E-state index contributed by atoms with van der Waals surface area (Å²) < 4.78 is 5.55. The molecule has 2 aliphatic heterocycles. The van der Waals surface area contributed by atoms with E-state index in [1.165, 1.54) is 4.90 Å². The Morgan fingerprint density at radius 3 is 3.06 bits per heavy atom. The molecule has 5 heteroatoms. The quantitative estimate of drug-likeness (QED) is 0.797. The van der Waals surface area contributed by atoms with Gasteiger partial charge in [0, 0.05) is 7.05 Å². The van der Waals surface area contributed by atoms with Gasteiger partial charge in [-0.2, -0.15) is 0 Å². The van der Waals surface area contributed by atoms with Crippen LogP contribution in [-0.4, -0.2) is 30.4 Å². The minimum Gasteiger partial charge on any atom is -0.493 e. The van der Waals surface area contributed by atoms with Gasteiger partial charge >= 0.3 is 0 Å². The lowest BCUT2D eigenvalue weighted by Crippen LogP contribution is -2.34. The average Bonchev–Trinajstić information content (AvgIpc) is 2.66. The van der Waals surface area contributed by atoms with E-state index in [0.717, 1.165) is 36.3 Å². The van der Waals surface area contributed by atoms with Crippen molar-refractivity contribution in [1.29, 1.82) is 0 Å². The van der Waals surface area contributed by atoms with Crippen molar-refractivity contribution in [2.24, 2.45) is 10.7 Å². The van der Waals surface area contributed by atoms with Gasteiger partial charge in [0.25, 0.3) is 5.91 Å². The largest absolute Gasteiger partial charge is 0.493 e. The number of likely N-dealkylation sites (N-methyl/N-ethyl adjacent to an activating group) is 1. The molecule has 5 nitrogen and oxygen atoms in total. The molecule has 1 atom stereocenters. The highest BCUT2D eigenvalue weighted by atomic mass is 16.5. The topological polar surface area (TPSA) is 67.9 Å². The van der Waals surface area contributed by atoms with Crippen molar-refractivity contribution in [3.8, 4) is 5.75 Å². The molecule has 1 aromatic carbocycles. The summed E-state index contributed by atoms with van der Waals surface area (Å²) in [4.78, 5) is 17.6. The Hall–Kier alpha value is -2.04. The van der Waals surface area contributed by atoms with Gasteiger partial charge in [0.2, 0.25) is 0 Å². The molecule has 2 heterocycles. The van der Waals surface area contributed by atoms with Crippen molar-refractivity contribution < 1.29 is 9.53 Å². The van der Waals surface area contributed by atoms with E-state index in [-0.39, 0.29) is 11.9 Å². The molecule has 94 valence electrons. The third kappa shape index (κ3) is 1.63. The van der Waals surface area contributed by atoms with E-state index >= 15 is 0 Å². The maximum absolute atomic E-state index is 12.0. The van der Waals surface area contributed by atoms with Crippen LogP contribution in [0.15, 0.2) is 23.2 Å². The van der Waals surface area contributed by atoms with Crippen LogP contribution < -0.4 is 10.5 Å². The van der Waals surface area contributed by atoms with Crippen LogP contribution in [0.4, 0.5) is 0 Å². The summed E-state index contributed by atoms with van der Waals surface area (Å²) in [5.74, 6) is 1.11. The van der Waals surface area contributed by atoms with Gasteiger partial charge in [0.15, 0.2) is 12.0 Å². The minimum absolute atomic E-state index is 0.0795. The van der Waals surface area contributed by atoms with Crippen LogP contribution >= 0.6 is 0 Å². The normalized spacial score (nSPS) is 22.5. The number of hydrogen-bond donors (Lipinski definition) is 1. The lowest BCUT2D eigenvalue weighted by atomic mass is 9.99.